The molecule has 0 unspecified atom stereocenters. The molecular formula is C15H12O3. The molecule has 0 saturated carbocycles. The number of ether oxygens (including phenoxy) is 2. The number of rotatable bonds is 2. The zero-order valence-corrected chi connectivity index (χ0v) is 10.2. The van der Waals surface area contributed by atoms with Crippen LogP contribution in [0.2, 0.25) is 0 Å². The van der Waals surface area contributed by atoms with Crippen molar-refractivity contribution in [2.75, 3.05) is 14.2 Å². The van der Waals surface area contributed by atoms with Crippen molar-refractivity contribution in [2.45, 2.75) is 0 Å². The molecule has 0 aliphatic heterocycles. The predicted octanol–water partition coefficient (Wildman–Crippen LogP) is 2.92. The van der Waals surface area contributed by atoms with Gasteiger partial charge in [-0.05, 0) is 23.3 Å². The number of hydrogen-bond donors (Lipinski definition) is 0. The van der Waals surface area contributed by atoms with Gasteiger partial charge in [-0.25, -0.2) is 0 Å². The Kier molecular flexibility index (Phi) is 2.33. The first-order valence-electron chi connectivity index (χ1n) is 5.67. The Labute approximate surface area is 105 Å². The van der Waals surface area contributed by atoms with Gasteiger partial charge in [0.25, 0.3) is 0 Å². The summed E-state index contributed by atoms with van der Waals surface area (Å²) < 4.78 is 10.6. The number of carbonyl (C=O) groups excluding carboxylic acids is 1. The summed E-state index contributed by atoms with van der Waals surface area (Å²) in [4.78, 5) is 12.4. The molecule has 0 bridgehead atoms. The first-order valence-corrected chi connectivity index (χ1v) is 5.67. The molecule has 0 aromatic heterocycles. The van der Waals surface area contributed by atoms with E-state index in [1.165, 1.54) is 0 Å². The second kappa shape index (κ2) is 3.88. The highest BCUT2D eigenvalue weighted by Gasteiger charge is 2.31. The van der Waals surface area contributed by atoms with Crippen LogP contribution in [0.25, 0.3) is 11.1 Å². The molecule has 90 valence electrons. The summed E-state index contributed by atoms with van der Waals surface area (Å²) in [5.74, 6) is 1.09. The molecule has 0 atom stereocenters. The van der Waals surface area contributed by atoms with Gasteiger partial charge in [0.05, 0.1) is 19.8 Å². The van der Waals surface area contributed by atoms with Crippen molar-refractivity contribution >= 4 is 5.78 Å². The van der Waals surface area contributed by atoms with Crippen LogP contribution in [0.15, 0.2) is 36.4 Å². The number of carbonyl (C=O) groups is 1. The van der Waals surface area contributed by atoms with E-state index < -0.39 is 0 Å². The van der Waals surface area contributed by atoms with Gasteiger partial charge < -0.3 is 9.47 Å². The van der Waals surface area contributed by atoms with Gasteiger partial charge >= 0.3 is 0 Å². The predicted molar refractivity (Wildman–Crippen MR) is 68.4 cm³/mol. The van der Waals surface area contributed by atoms with Gasteiger partial charge in [0.15, 0.2) is 17.3 Å². The lowest BCUT2D eigenvalue weighted by atomic mass is 10.1. The van der Waals surface area contributed by atoms with Crippen LogP contribution in [0.1, 0.15) is 15.9 Å². The van der Waals surface area contributed by atoms with Crippen molar-refractivity contribution in [2.24, 2.45) is 0 Å². The molecule has 0 N–H and O–H groups in total. The van der Waals surface area contributed by atoms with E-state index in [1.54, 1.807) is 14.2 Å². The number of methoxy groups -OCH3 is 2. The van der Waals surface area contributed by atoms with Gasteiger partial charge in [-0.15, -0.1) is 0 Å². The Bertz CT molecular complexity index is 644. The largest absolute Gasteiger partial charge is 0.493 e. The highest BCUT2D eigenvalue weighted by molar-refractivity contribution is 6.23. The summed E-state index contributed by atoms with van der Waals surface area (Å²) in [6.45, 7) is 0. The highest BCUT2D eigenvalue weighted by atomic mass is 16.5. The number of ketones is 1. The Morgan fingerprint density at radius 1 is 0.833 bits per heavy atom. The SMILES string of the molecule is COc1ccc2c(c1OC)C(=O)c1ccccc1-2. The first-order chi connectivity index (χ1) is 8.77. The lowest BCUT2D eigenvalue weighted by molar-refractivity contribution is 0.104. The average molecular weight is 240 g/mol. The Hall–Kier alpha value is -2.29. The maximum Gasteiger partial charge on any atom is 0.198 e. The summed E-state index contributed by atoms with van der Waals surface area (Å²) in [5.41, 5.74) is 3.18. The van der Waals surface area contributed by atoms with Crippen LogP contribution >= 0.6 is 0 Å². The van der Waals surface area contributed by atoms with Gasteiger partial charge in [-0.1, -0.05) is 24.3 Å². The third-order valence-corrected chi connectivity index (χ3v) is 3.23. The first kappa shape index (κ1) is 10.8. The van der Waals surface area contributed by atoms with E-state index in [2.05, 4.69) is 0 Å². The molecular weight excluding hydrogens is 228 g/mol. The van der Waals surface area contributed by atoms with E-state index in [0.29, 0.717) is 17.1 Å². The van der Waals surface area contributed by atoms with Crippen LogP contribution < -0.4 is 9.47 Å². The molecule has 0 amide bonds. The molecule has 0 heterocycles. The van der Waals surface area contributed by atoms with E-state index >= 15 is 0 Å². The fourth-order valence-corrected chi connectivity index (χ4v) is 2.43. The molecule has 3 rings (SSSR count). The zero-order chi connectivity index (χ0) is 12.7. The topological polar surface area (TPSA) is 35.5 Å². The van der Waals surface area contributed by atoms with E-state index in [-0.39, 0.29) is 5.78 Å². The van der Waals surface area contributed by atoms with Crippen molar-refractivity contribution in [1.82, 2.24) is 0 Å². The van der Waals surface area contributed by atoms with Gasteiger partial charge in [-0.3, -0.25) is 4.79 Å². The second-order valence-electron chi connectivity index (χ2n) is 4.10. The maximum absolute atomic E-state index is 12.4. The zero-order valence-electron chi connectivity index (χ0n) is 10.2. The molecule has 0 saturated heterocycles. The standard InChI is InChI=1S/C15H12O3/c1-17-12-8-7-10-9-5-3-4-6-11(9)14(16)13(10)15(12)18-2/h3-8H,1-2H3. The van der Waals surface area contributed by atoms with Crippen molar-refractivity contribution < 1.29 is 14.3 Å². The van der Waals surface area contributed by atoms with Crippen molar-refractivity contribution in [3.63, 3.8) is 0 Å². The van der Waals surface area contributed by atoms with Crippen molar-refractivity contribution in [1.29, 1.82) is 0 Å². The van der Waals surface area contributed by atoms with Crippen molar-refractivity contribution in [3.8, 4) is 22.6 Å². The number of benzene rings is 2. The van der Waals surface area contributed by atoms with Crippen LogP contribution in [0.4, 0.5) is 0 Å². The van der Waals surface area contributed by atoms with E-state index in [0.717, 1.165) is 16.7 Å². The smallest absolute Gasteiger partial charge is 0.198 e. The van der Waals surface area contributed by atoms with Crippen molar-refractivity contribution in [3.05, 3.63) is 47.5 Å². The number of hydrogen-bond acceptors (Lipinski definition) is 3. The fourth-order valence-electron chi connectivity index (χ4n) is 2.43. The number of fused-ring (bicyclic) bond motifs is 3. The third kappa shape index (κ3) is 1.27. The molecule has 18 heavy (non-hydrogen) atoms. The van der Waals surface area contributed by atoms with Crippen LogP contribution in [-0.4, -0.2) is 20.0 Å². The summed E-state index contributed by atoms with van der Waals surface area (Å²) in [6.07, 6.45) is 0. The molecule has 2 aromatic rings. The lowest BCUT2D eigenvalue weighted by Gasteiger charge is -2.11. The minimum atomic E-state index is -0.00338. The Morgan fingerprint density at radius 2 is 1.56 bits per heavy atom. The minimum Gasteiger partial charge on any atom is -0.493 e. The average Bonchev–Trinajstić information content (AvgIpc) is 2.72. The highest BCUT2D eigenvalue weighted by Crippen LogP contribution is 2.44. The molecule has 3 heteroatoms. The van der Waals surface area contributed by atoms with Gasteiger partial charge in [0.1, 0.15) is 0 Å². The van der Waals surface area contributed by atoms with Gasteiger partial charge in [-0.2, -0.15) is 0 Å². The fraction of sp³-hybridized carbons (Fsp3) is 0.133. The molecule has 0 fully saturated rings. The second-order valence-corrected chi connectivity index (χ2v) is 4.10. The molecule has 0 radical (unpaired) electrons. The third-order valence-electron chi connectivity index (χ3n) is 3.23. The van der Waals surface area contributed by atoms with E-state index in [9.17, 15) is 4.79 Å². The normalized spacial score (nSPS) is 12.0. The summed E-state index contributed by atoms with van der Waals surface area (Å²) in [5, 5.41) is 0. The molecule has 2 aromatic carbocycles. The van der Waals surface area contributed by atoms with Gasteiger partial charge in [0, 0.05) is 5.56 Å². The van der Waals surface area contributed by atoms with Crippen LogP contribution in [-0.2, 0) is 0 Å². The lowest BCUT2D eigenvalue weighted by Crippen LogP contribution is -2.00. The molecule has 3 nitrogen and oxygen atoms in total. The monoisotopic (exact) mass is 240 g/mol. The summed E-state index contributed by atoms with van der Waals surface area (Å²) in [7, 11) is 3.12. The van der Waals surface area contributed by atoms with E-state index in [1.807, 2.05) is 36.4 Å². The molecule has 1 aliphatic carbocycles. The Balaban J connectivity index is 2.34. The summed E-state index contributed by atoms with van der Waals surface area (Å²) in [6, 6.07) is 11.3. The Morgan fingerprint density at radius 3 is 2.22 bits per heavy atom. The maximum atomic E-state index is 12.4. The molecule has 0 spiro atoms. The summed E-state index contributed by atoms with van der Waals surface area (Å²) >= 11 is 0. The van der Waals surface area contributed by atoms with Crippen LogP contribution in [0, 0.1) is 0 Å². The van der Waals surface area contributed by atoms with Crippen LogP contribution in [0.3, 0.4) is 0 Å². The van der Waals surface area contributed by atoms with Gasteiger partial charge in [0.2, 0.25) is 0 Å². The quantitative estimate of drug-likeness (QED) is 0.691. The minimum absolute atomic E-state index is 0.00338. The molecule has 1 aliphatic rings. The van der Waals surface area contributed by atoms with E-state index in [4.69, 9.17) is 9.47 Å². The van der Waals surface area contributed by atoms with Crippen LogP contribution in [0.5, 0.6) is 11.5 Å².